The zero-order valence-electron chi connectivity index (χ0n) is 9.85. The fourth-order valence-electron chi connectivity index (χ4n) is 1.94. The van der Waals surface area contributed by atoms with Gasteiger partial charge in [0.1, 0.15) is 0 Å². The summed E-state index contributed by atoms with van der Waals surface area (Å²) in [5, 5.41) is 1.54. The summed E-state index contributed by atoms with van der Waals surface area (Å²) in [6, 6.07) is 12.1. The Labute approximate surface area is 106 Å². The van der Waals surface area contributed by atoms with Gasteiger partial charge in [-0.05, 0) is 22.8 Å². The molecule has 0 atom stereocenters. The van der Waals surface area contributed by atoms with Crippen LogP contribution in [0, 0.1) is 0 Å². The van der Waals surface area contributed by atoms with Crippen molar-refractivity contribution in [1.29, 1.82) is 0 Å². The van der Waals surface area contributed by atoms with E-state index in [-0.39, 0.29) is 6.42 Å². The minimum absolute atomic E-state index is 0.312. The van der Waals surface area contributed by atoms with E-state index >= 15 is 0 Å². The standard InChI is InChI=1S/C14H11F5/c15-13(16,14(17,18)19)9-8-11-6-3-5-10-4-1-2-7-12(10)11/h1-7H,8-9H2. The molecule has 102 valence electrons. The third-order valence-corrected chi connectivity index (χ3v) is 3.00. The van der Waals surface area contributed by atoms with Crippen molar-refractivity contribution >= 4 is 10.8 Å². The van der Waals surface area contributed by atoms with Crippen LogP contribution >= 0.6 is 0 Å². The van der Waals surface area contributed by atoms with Crippen LogP contribution in [0.15, 0.2) is 42.5 Å². The second kappa shape index (κ2) is 4.79. The lowest BCUT2D eigenvalue weighted by Gasteiger charge is -2.19. The summed E-state index contributed by atoms with van der Waals surface area (Å²) in [6.07, 6.45) is -7.03. The normalized spacial score (nSPS) is 12.9. The van der Waals surface area contributed by atoms with Crippen molar-refractivity contribution < 1.29 is 22.0 Å². The van der Waals surface area contributed by atoms with Crippen molar-refractivity contribution in [1.82, 2.24) is 0 Å². The van der Waals surface area contributed by atoms with Gasteiger partial charge >= 0.3 is 12.1 Å². The Bertz CT molecular complexity index is 566. The first-order valence-electron chi connectivity index (χ1n) is 5.72. The highest BCUT2D eigenvalue weighted by molar-refractivity contribution is 5.85. The van der Waals surface area contributed by atoms with Crippen LogP contribution in [0.1, 0.15) is 12.0 Å². The molecule has 0 heterocycles. The maximum absolute atomic E-state index is 12.9. The van der Waals surface area contributed by atoms with Gasteiger partial charge in [-0.25, -0.2) is 0 Å². The average Bonchev–Trinajstić information content (AvgIpc) is 2.35. The molecule has 0 amide bonds. The lowest BCUT2D eigenvalue weighted by Crippen LogP contribution is -2.36. The van der Waals surface area contributed by atoms with Crippen LogP contribution in [0.2, 0.25) is 0 Å². The molecule has 2 aromatic carbocycles. The zero-order valence-corrected chi connectivity index (χ0v) is 9.85. The number of halogens is 5. The number of rotatable bonds is 3. The van der Waals surface area contributed by atoms with Crippen LogP contribution in [0.5, 0.6) is 0 Å². The zero-order chi connectivity index (χ0) is 14.1. The molecule has 0 nitrogen and oxygen atoms in total. The van der Waals surface area contributed by atoms with Gasteiger partial charge in [0.05, 0.1) is 0 Å². The maximum atomic E-state index is 12.9. The fourth-order valence-corrected chi connectivity index (χ4v) is 1.94. The Morgan fingerprint density at radius 1 is 0.789 bits per heavy atom. The Hall–Kier alpha value is -1.65. The van der Waals surface area contributed by atoms with E-state index in [2.05, 4.69) is 0 Å². The van der Waals surface area contributed by atoms with E-state index in [9.17, 15) is 22.0 Å². The van der Waals surface area contributed by atoms with Crippen molar-refractivity contribution in [2.75, 3.05) is 0 Å². The third kappa shape index (κ3) is 2.85. The molecule has 0 fully saturated rings. The highest BCUT2D eigenvalue weighted by Crippen LogP contribution is 2.39. The molecule has 0 aliphatic rings. The molecule has 5 heteroatoms. The molecule has 0 radical (unpaired) electrons. The van der Waals surface area contributed by atoms with Gasteiger partial charge in [-0.2, -0.15) is 22.0 Å². The van der Waals surface area contributed by atoms with E-state index in [0.29, 0.717) is 10.9 Å². The quantitative estimate of drug-likeness (QED) is 0.693. The Kier molecular flexibility index (Phi) is 3.47. The molecule has 0 saturated heterocycles. The second-order valence-electron chi connectivity index (χ2n) is 4.34. The van der Waals surface area contributed by atoms with E-state index in [1.54, 1.807) is 42.5 Å². The predicted molar refractivity (Wildman–Crippen MR) is 63.3 cm³/mol. The first-order chi connectivity index (χ1) is 8.81. The maximum Gasteiger partial charge on any atom is 0.453 e. The molecule has 19 heavy (non-hydrogen) atoms. The number of alkyl halides is 5. The van der Waals surface area contributed by atoms with Gasteiger partial charge in [0.25, 0.3) is 0 Å². The minimum atomic E-state index is -5.49. The van der Waals surface area contributed by atoms with Crippen LogP contribution in [-0.2, 0) is 6.42 Å². The summed E-state index contributed by atoms with van der Waals surface area (Å²) in [5.74, 6) is -4.65. The smallest absolute Gasteiger partial charge is 0.196 e. The first-order valence-corrected chi connectivity index (χ1v) is 5.72. The van der Waals surface area contributed by atoms with Crippen LogP contribution in [0.4, 0.5) is 22.0 Å². The number of benzene rings is 2. The molecule has 2 aromatic rings. The molecule has 0 unspecified atom stereocenters. The third-order valence-electron chi connectivity index (χ3n) is 3.00. The number of hydrogen-bond donors (Lipinski definition) is 0. The minimum Gasteiger partial charge on any atom is -0.196 e. The van der Waals surface area contributed by atoms with Crippen molar-refractivity contribution in [3.63, 3.8) is 0 Å². The summed E-state index contributed by atoms with van der Waals surface area (Å²) in [5.41, 5.74) is 0.502. The summed E-state index contributed by atoms with van der Waals surface area (Å²) >= 11 is 0. The summed E-state index contributed by atoms with van der Waals surface area (Å²) in [4.78, 5) is 0. The van der Waals surface area contributed by atoms with Crippen LogP contribution < -0.4 is 0 Å². The Balaban J connectivity index is 2.23. The highest BCUT2D eigenvalue weighted by atomic mass is 19.4. The Morgan fingerprint density at radius 3 is 2.11 bits per heavy atom. The van der Waals surface area contributed by atoms with Crippen LogP contribution in [-0.4, -0.2) is 12.1 Å². The van der Waals surface area contributed by atoms with E-state index in [0.717, 1.165) is 5.39 Å². The van der Waals surface area contributed by atoms with Crippen LogP contribution in [0.3, 0.4) is 0 Å². The molecule has 0 aromatic heterocycles. The van der Waals surface area contributed by atoms with E-state index < -0.39 is 18.5 Å². The van der Waals surface area contributed by atoms with Crippen molar-refractivity contribution in [2.24, 2.45) is 0 Å². The van der Waals surface area contributed by atoms with Gasteiger partial charge < -0.3 is 0 Å². The fraction of sp³-hybridized carbons (Fsp3) is 0.286. The van der Waals surface area contributed by atoms with Gasteiger partial charge in [0, 0.05) is 6.42 Å². The molecule has 0 bridgehead atoms. The monoisotopic (exact) mass is 274 g/mol. The predicted octanol–water partition coefficient (Wildman–Crippen LogP) is 4.97. The van der Waals surface area contributed by atoms with Gasteiger partial charge in [-0.1, -0.05) is 42.5 Å². The molecule has 0 aliphatic heterocycles. The van der Waals surface area contributed by atoms with Gasteiger partial charge in [0.2, 0.25) is 0 Å². The first kappa shape index (κ1) is 13.8. The lowest BCUT2D eigenvalue weighted by molar-refractivity contribution is -0.284. The van der Waals surface area contributed by atoms with E-state index in [1.165, 1.54) is 0 Å². The van der Waals surface area contributed by atoms with E-state index in [4.69, 9.17) is 0 Å². The van der Waals surface area contributed by atoms with Crippen molar-refractivity contribution in [3.05, 3.63) is 48.0 Å². The summed E-state index contributed by atoms with van der Waals surface area (Å²) < 4.78 is 62.1. The SMILES string of the molecule is FC(F)(F)C(F)(F)CCc1cccc2ccccc12. The molecular weight excluding hydrogens is 263 g/mol. The topological polar surface area (TPSA) is 0 Å². The number of aryl methyl sites for hydroxylation is 1. The second-order valence-corrected chi connectivity index (χ2v) is 4.34. The molecule has 2 rings (SSSR count). The summed E-state index contributed by atoms with van der Waals surface area (Å²) in [7, 11) is 0. The van der Waals surface area contributed by atoms with Crippen LogP contribution in [0.25, 0.3) is 10.8 Å². The molecule has 0 spiro atoms. The largest absolute Gasteiger partial charge is 0.453 e. The van der Waals surface area contributed by atoms with Crippen molar-refractivity contribution in [2.45, 2.75) is 24.9 Å². The van der Waals surface area contributed by atoms with Gasteiger partial charge in [0.15, 0.2) is 0 Å². The lowest BCUT2D eigenvalue weighted by atomic mass is 9.99. The number of fused-ring (bicyclic) bond motifs is 1. The number of hydrogen-bond acceptors (Lipinski definition) is 0. The molecule has 0 aliphatic carbocycles. The summed E-state index contributed by atoms with van der Waals surface area (Å²) in [6.45, 7) is 0. The van der Waals surface area contributed by atoms with Crippen molar-refractivity contribution in [3.8, 4) is 0 Å². The van der Waals surface area contributed by atoms with Gasteiger partial charge in [-0.15, -0.1) is 0 Å². The highest BCUT2D eigenvalue weighted by Gasteiger charge is 2.56. The Morgan fingerprint density at radius 2 is 1.42 bits per heavy atom. The molecule has 0 N–H and O–H groups in total. The average molecular weight is 274 g/mol. The van der Waals surface area contributed by atoms with E-state index in [1.807, 2.05) is 0 Å². The van der Waals surface area contributed by atoms with Gasteiger partial charge in [-0.3, -0.25) is 0 Å². The molecular formula is C14H11F5. The molecule has 0 saturated carbocycles.